The maximum atomic E-state index is 10.9. The van der Waals surface area contributed by atoms with E-state index in [1.54, 1.807) is 6.07 Å². The topological polar surface area (TPSA) is 115 Å². The fraction of sp³-hybridized carbons (Fsp3) is 0.476. The second-order valence-corrected chi connectivity index (χ2v) is 6.68. The van der Waals surface area contributed by atoms with Gasteiger partial charge in [-0.3, -0.25) is 4.79 Å². The molecule has 0 fully saturated rings. The van der Waals surface area contributed by atoms with E-state index in [1.165, 1.54) is 0 Å². The summed E-state index contributed by atoms with van der Waals surface area (Å²) < 4.78 is 10.8. The molecule has 0 spiro atoms. The van der Waals surface area contributed by atoms with Crippen LogP contribution in [0.25, 0.3) is 0 Å². The molecular weight excluding hydrogens is 370 g/mol. The maximum absolute atomic E-state index is 10.9. The number of hydrogen-bond acceptors (Lipinski definition) is 5. The van der Waals surface area contributed by atoms with Gasteiger partial charge >= 0.3 is 0 Å². The third-order valence-electron chi connectivity index (χ3n) is 4.45. The van der Waals surface area contributed by atoms with Crippen LogP contribution in [0.3, 0.4) is 0 Å². The Morgan fingerprint density at radius 1 is 1.24 bits per heavy atom. The summed E-state index contributed by atoms with van der Waals surface area (Å²) in [7, 11) is 0. The van der Waals surface area contributed by atoms with E-state index in [0.717, 1.165) is 36.4 Å². The lowest BCUT2D eigenvalue weighted by molar-refractivity contribution is -0.119. The lowest BCUT2D eigenvalue weighted by atomic mass is 9.99. The number of nitrogens with zero attached hydrogens (tertiary/aromatic N) is 2. The molecule has 1 heterocycles. The number of ether oxygens (including phenoxy) is 1. The average molecular weight is 402 g/mol. The largest absolute Gasteiger partial charge is 0.484 e. The predicted octanol–water partition coefficient (Wildman–Crippen LogP) is 2.70. The van der Waals surface area contributed by atoms with Crippen LogP contribution >= 0.6 is 0 Å². The number of amides is 1. The quantitative estimate of drug-likeness (QED) is 0.394. The lowest BCUT2D eigenvalue weighted by Crippen LogP contribution is -2.36. The molecule has 0 atom stereocenters. The van der Waals surface area contributed by atoms with Crippen LogP contribution < -0.4 is 21.1 Å². The predicted molar refractivity (Wildman–Crippen MR) is 113 cm³/mol. The molecule has 4 N–H and O–H groups in total. The monoisotopic (exact) mass is 401 g/mol. The number of nitrogens with one attached hydrogen (secondary N) is 2. The van der Waals surface area contributed by atoms with Gasteiger partial charge < -0.3 is 25.6 Å². The summed E-state index contributed by atoms with van der Waals surface area (Å²) in [6.45, 7) is 7.87. The van der Waals surface area contributed by atoms with Crippen LogP contribution in [0.2, 0.25) is 0 Å². The molecule has 1 amide bonds. The Morgan fingerprint density at radius 2 is 2.03 bits per heavy atom. The summed E-state index contributed by atoms with van der Waals surface area (Å²) >= 11 is 0. The molecule has 2 rings (SSSR count). The zero-order chi connectivity index (χ0) is 21.1. The van der Waals surface area contributed by atoms with E-state index in [2.05, 4.69) is 34.6 Å². The van der Waals surface area contributed by atoms with Gasteiger partial charge in [0.1, 0.15) is 5.75 Å². The molecule has 1 aromatic carbocycles. The lowest BCUT2D eigenvalue weighted by Gasteiger charge is -2.10. The Balaban J connectivity index is 1.96. The van der Waals surface area contributed by atoms with Gasteiger partial charge in [0, 0.05) is 18.5 Å². The Bertz CT molecular complexity index is 799. The number of carbonyl (C=O) groups excluding carboxylic acids is 1. The van der Waals surface area contributed by atoms with Gasteiger partial charge in [-0.2, -0.15) is 0 Å². The smallest absolute Gasteiger partial charge is 0.255 e. The summed E-state index contributed by atoms with van der Waals surface area (Å²) in [6.07, 6.45) is 2.09. The van der Waals surface area contributed by atoms with Gasteiger partial charge in [0.15, 0.2) is 18.3 Å². The minimum atomic E-state index is -0.508. The highest BCUT2D eigenvalue weighted by molar-refractivity contribution is 5.79. The van der Waals surface area contributed by atoms with E-state index in [9.17, 15) is 4.79 Å². The van der Waals surface area contributed by atoms with Crippen molar-refractivity contribution in [2.24, 2.45) is 10.7 Å². The number of carbonyl (C=O) groups is 1. The zero-order valence-electron chi connectivity index (χ0n) is 17.4. The van der Waals surface area contributed by atoms with Crippen molar-refractivity contribution in [3.63, 3.8) is 0 Å². The van der Waals surface area contributed by atoms with Crippen molar-refractivity contribution in [1.29, 1.82) is 0 Å². The van der Waals surface area contributed by atoms with E-state index in [0.29, 0.717) is 30.7 Å². The number of rotatable bonds is 11. The fourth-order valence-corrected chi connectivity index (χ4v) is 2.88. The molecule has 0 bridgehead atoms. The van der Waals surface area contributed by atoms with E-state index in [-0.39, 0.29) is 6.61 Å². The van der Waals surface area contributed by atoms with Crippen molar-refractivity contribution in [3.8, 4) is 5.75 Å². The average Bonchev–Trinajstić information content (AvgIpc) is 3.18. The second kappa shape index (κ2) is 11.7. The first-order valence-corrected chi connectivity index (χ1v) is 10.0. The normalized spacial score (nSPS) is 11.5. The minimum absolute atomic E-state index is 0.146. The van der Waals surface area contributed by atoms with Gasteiger partial charge in [0.05, 0.1) is 18.8 Å². The molecule has 2 aromatic rings. The van der Waals surface area contributed by atoms with E-state index < -0.39 is 5.91 Å². The molecule has 0 radical (unpaired) electrons. The molecule has 29 heavy (non-hydrogen) atoms. The Hall–Kier alpha value is -3.03. The van der Waals surface area contributed by atoms with Gasteiger partial charge in [-0.1, -0.05) is 31.1 Å². The van der Waals surface area contributed by atoms with Crippen LogP contribution in [0, 0.1) is 0 Å². The summed E-state index contributed by atoms with van der Waals surface area (Å²) in [5, 5.41) is 10.7. The standard InChI is InChI=1S/C21H31N5O3/c1-4-16(5-2)19-11-18(29-26-19)13-25-21(23-6-3)24-12-15-8-7-9-17(10-15)28-14-20(22)27/h7-11,16H,4-6,12-14H2,1-3H3,(H2,22,27)(H2,23,24,25). The molecule has 0 saturated heterocycles. The first-order chi connectivity index (χ1) is 14.0. The summed E-state index contributed by atoms with van der Waals surface area (Å²) in [5.74, 6) is 1.96. The van der Waals surface area contributed by atoms with Crippen LogP contribution in [0.4, 0.5) is 0 Å². The molecule has 0 saturated carbocycles. The Kier molecular flexibility index (Phi) is 9.01. The number of aliphatic imine (C=N–C) groups is 1. The van der Waals surface area contributed by atoms with Crippen LogP contribution in [0.5, 0.6) is 5.75 Å². The van der Waals surface area contributed by atoms with Gasteiger partial charge in [-0.05, 0) is 37.5 Å². The van der Waals surface area contributed by atoms with Crippen LogP contribution in [0.1, 0.15) is 56.5 Å². The van der Waals surface area contributed by atoms with E-state index >= 15 is 0 Å². The molecule has 1 aromatic heterocycles. The minimum Gasteiger partial charge on any atom is -0.484 e. The summed E-state index contributed by atoms with van der Waals surface area (Å²) in [6, 6.07) is 9.43. The molecule has 0 unspecified atom stereocenters. The molecule has 0 aliphatic rings. The van der Waals surface area contributed by atoms with Crippen LogP contribution in [-0.4, -0.2) is 30.2 Å². The van der Waals surface area contributed by atoms with Gasteiger partial charge in [-0.15, -0.1) is 0 Å². The van der Waals surface area contributed by atoms with Crippen LogP contribution in [0.15, 0.2) is 39.8 Å². The number of aromatic nitrogens is 1. The second-order valence-electron chi connectivity index (χ2n) is 6.68. The first kappa shape index (κ1) is 22.3. The third-order valence-corrected chi connectivity index (χ3v) is 4.45. The van der Waals surface area contributed by atoms with Crippen molar-refractivity contribution in [2.45, 2.75) is 52.6 Å². The van der Waals surface area contributed by atoms with Gasteiger partial charge in [-0.25, -0.2) is 4.99 Å². The summed E-state index contributed by atoms with van der Waals surface area (Å²) in [5.41, 5.74) is 7.07. The number of guanidine groups is 1. The van der Waals surface area contributed by atoms with E-state index in [4.69, 9.17) is 15.0 Å². The van der Waals surface area contributed by atoms with Crippen molar-refractivity contribution in [3.05, 3.63) is 47.3 Å². The van der Waals surface area contributed by atoms with Crippen LogP contribution in [-0.2, 0) is 17.9 Å². The van der Waals surface area contributed by atoms with Gasteiger partial charge in [0.25, 0.3) is 5.91 Å². The SMILES string of the molecule is CCNC(=NCc1cccc(OCC(N)=O)c1)NCc1cc(C(CC)CC)no1. The number of benzene rings is 1. The molecule has 158 valence electrons. The van der Waals surface area contributed by atoms with Crippen molar-refractivity contribution >= 4 is 11.9 Å². The number of hydrogen-bond donors (Lipinski definition) is 3. The highest BCUT2D eigenvalue weighted by Crippen LogP contribution is 2.22. The van der Waals surface area contributed by atoms with Gasteiger partial charge in [0.2, 0.25) is 0 Å². The van der Waals surface area contributed by atoms with Crippen molar-refractivity contribution < 1.29 is 14.1 Å². The highest BCUT2D eigenvalue weighted by atomic mass is 16.5. The Labute approximate surface area is 171 Å². The van der Waals surface area contributed by atoms with Crippen molar-refractivity contribution in [2.75, 3.05) is 13.2 Å². The summed E-state index contributed by atoms with van der Waals surface area (Å²) in [4.78, 5) is 15.4. The number of nitrogens with two attached hydrogens (primary N) is 1. The van der Waals surface area contributed by atoms with E-state index in [1.807, 2.05) is 31.2 Å². The molecule has 0 aliphatic carbocycles. The highest BCUT2D eigenvalue weighted by Gasteiger charge is 2.13. The Morgan fingerprint density at radius 3 is 2.72 bits per heavy atom. The molecule has 8 nitrogen and oxygen atoms in total. The molecular formula is C21H31N5O3. The first-order valence-electron chi connectivity index (χ1n) is 10.0. The molecule has 0 aliphatic heterocycles. The fourth-order valence-electron chi connectivity index (χ4n) is 2.88. The zero-order valence-corrected chi connectivity index (χ0v) is 17.4. The molecule has 8 heteroatoms. The van der Waals surface area contributed by atoms with Crippen molar-refractivity contribution in [1.82, 2.24) is 15.8 Å². The third kappa shape index (κ3) is 7.48. The number of primary amides is 1. The maximum Gasteiger partial charge on any atom is 0.255 e.